The summed E-state index contributed by atoms with van der Waals surface area (Å²) in [6.07, 6.45) is 0. The van der Waals surface area contributed by atoms with E-state index in [0.717, 1.165) is 5.69 Å². The maximum Gasteiger partial charge on any atom is 0.193 e. The van der Waals surface area contributed by atoms with Crippen LogP contribution in [-0.4, -0.2) is 12.5 Å². The number of nitrogens with zero attached hydrogens (tertiary/aromatic N) is 1. The van der Waals surface area contributed by atoms with Gasteiger partial charge in [0.05, 0.1) is 6.54 Å². The normalized spacial score (nSPS) is 12.6. The summed E-state index contributed by atoms with van der Waals surface area (Å²) in [6.45, 7) is 7.01. The summed E-state index contributed by atoms with van der Waals surface area (Å²) in [7, 11) is 0. The van der Waals surface area contributed by atoms with Crippen LogP contribution in [0.3, 0.4) is 0 Å². The van der Waals surface area contributed by atoms with E-state index < -0.39 is 0 Å². The van der Waals surface area contributed by atoms with E-state index in [1.165, 1.54) is 16.0 Å². The molecule has 0 bridgehead atoms. The van der Waals surface area contributed by atoms with Gasteiger partial charge >= 0.3 is 0 Å². The highest BCUT2D eigenvalue weighted by molar-refractivity contribution is 14.0. The number of rotatable bonds is 4. The Morgan fingerprint density at radius 1 is 1.29 bits per heavy atom. The van der Waals surface area contributed by atoms with Crippen LogP contribution in [0.1, 0.15) is 28.8 Å². The van der Waals surface area contributed by atoms with Crippen molar-refractivity contribution < 1.29 is 0 Å². The van der Waals surface area contributed by atoms with Crippen molar-refractivity contribution in [3.63, 3.8) is 0 Å². The fourth-order valence-corrected chi connectivity index (χ4v) is 2.91. The summed E-state index contributed by atoms with van der Waals surface area (Å²) < 4.78 is 0. The maximum absolute atomic E-state index is 5.95. The molecule has 0 spiro atoms. The van der Waals surface area contributed by atoms with Gasteiger partial charge in [0.2, 0.25) is 0 Å². The van der Waals surface area contributed by atoms with Crippen LogP contribution in [0, 0.1) is 13.8 Å². The van der Waals surface area contributed by atoms with Crippen molar-refractivity contribution >= 4 is 47.0 Å². The van der Waals surface area contributed by atoms with Crippen molar-refractivity contribution in [2.75, 3.05) is 11.9 Å². The first-order valence-corrected chi connectivity index (χ1v) is 7.61. The number of nitrogens with two attached hydrogens (primary N) is 1. The van der Waals surface area contributed by atoms with Gasteiger partial charge < -0.3 is 11.1 Å². The SMILES string of the molecule is Cc1cc(C)cc(NC(N)=NCC(C)c2cccs2)c1.I. The number of guanidine groups is 1. The molecule has 0 aliphatic heterocycles. The minimum absolute atomic E-state index is 0. The lowest BCUT2D eigenvalue weighted by Crippen LogP contribution is -2.23. The van der Waals surface area contributed by atoms with E-state index in [1.807, 2.05) is 0 Å². The third-order valence-electron chi connectivity index (χ3n) is 3.06. The second kappa shape index (κ2) is 8.38. The minimum Gasteiger partial charge on any atom is -0.370 e. The second-order valence-electron chi connectivity index (χ2n) is 5.14. The number of nitrogens with one attached hydrogen (secondary N) is 1. The molecule has 0 saturated carbocycles. The molecule has 2 aromatic rings. The molecule has 1 heterocycles. The van der Waals surface area contributed by atoms with Crippen LogP contribution in [-0.2, 0) is 0 Å². The summed E-state index contributed by atoms with van der Waals surface area (Å²) in [5.74, 6) is 0.869. The van der Waals surface area contributed by atoms with Gasteiger partial charge in [-0.2, -0.15) is 0 Å². The average molecular weight is 415 g/mol. The number of aliphatic imine (C=N–C) groups is 1. The zero-order valence-corrected chi connectivity index (χ0v) is 15.7. The van der Waals surface area contributed by atoms with Crippen molar-refractivity contribution in [3.05, 3.63) is 51.7 Å². The topological polar surface area (TPSA) is 50.4 Å². The average Bonchev–Trinajstić information content (AvgIpc) is 2.88. The van der Waals surface area contributed by atoms with Crippen molar-refractivity contribution in [2.45, 2.75) is 26.7 Å². The maximum atomic E-state index is 5.95. The van der Waals surface area contributed by atoms with Crippen molar-refractivity contribution in [1.82, 2.24) is 0 Å². The fourth-order valence-electron chi connectivity index (χ4n) is 2.13. The van der Waals surface area contributed by atoms with E-state index in [4.69, 9.17) is 5.73 Å². The van der Waals surface area contributed by atoms with Crippen LogP contribution in [0.15, 0.2) is 40.7 Å². The number of halogens is 1. The Kier molecular flexibility index (Phi) is 7.17. The summed E-state index contributed by atoms with van der Waals surface area (Å²) >= 11 is 1.76. The lowest BCUT2D eigenvalue weighted by atomic mass is 10.1. The van der Waals surface area contributed by atoms with E-state index in [2.05, 4.69) is 66.8 Å². The zero-order valence-electron chi connectivity index (χ0n) is 12.6. The Morgan fingerprint density at radius 2 is 1.95 bits per heavy atom. The highest BCUT2D eigenvalue weighted by Gasteiger charge is 2.05. The zero-order chi connectivity index (χ0) is 14.5. The molecule has 0 aliphatic rings. The molecule has 114 valence electrons. The van der Waals surface area contributed by atoms with Gasteiger partial charge in [0.1, 0.15) is 0 Å². The van der Waals surface area contributed by atoms with Gasteiger partial charge in [-0.15, -0.1) is 35.3 Å². The third kappa shape index (κ3) is 5.67. The Morgan fingerprint density at radius 3 is 2.52 bits per heavy atom. The summed E-state index contributed by atoms with van der Waals surface area (Å²) in [5, 5.41) is 5.25. The van der Waals surface area contributed by atoms with E-state index in [1.54, 1.807) is 11.3 Å². The minimum atomic E-state index is 0. The molecule has 3 nitrogen and oxygen atoms in total. The molecule has 1 unspecified atom stereocenters. The van der Waals surface area contributed by atoms with Gasteiger partial charge in [-0.1, -0.05) is 19.1 Å². The monoisotopic (exact) mass is 415 g/mol. The third-order valence-corrected chi connectivity index (χ3v) is 4.16. The van der Waals surface area contributed by atoms with Crippen LogP contribution in [0.2, 0.25) is 0 Å². The smallest absolute Gasteiger partial charge is 0.193 e. The standard InChI is InChI=1S/C16H21N3S.HI/c1-11-7-12(2)9-14(8-11)19-16(17)18-10-13(3)15-5-4-6-20-15;/h4-9,13H,10H2,1-3H3,(H3,17,18,19);1H. The van der Waals surface area contributed by atoms with Gasteiger partial charge in [-0.3, -0.25) is 4.99 Å². The Bertz CT molecular complexity index is 573. The summed E-state index contributed by atoms with van der Waals surface area (Å²) in [4.78, 5) is 5.77. The van der Waals surface area contributed by atoms with E-state index in [0.29, 0.717) is 18.4 Å². The van der Waals surface area contributed by atoms with Gasteiger partial charge in [0, 0.05) is 16.5 Å². The largest absolute Gasteiger partial charge is 0.370 e. The Labute approximate surface area is 147 Å². The van der Waals surface area contributed by atoms with E-state index in [9.17, 15) is 0 Å². The number of anilines is 1. The first-order valence-electron chi connectivity index (χ1n) is 6.73. The Balaban J connectivity index is 0.00000220. The number of hydrogen-bond donors (Lipinski definition) is 2. The van der Waals surface area contributed by atoms with Crippen LogP contribution in [0.25, 0.3) is 0 Å². The van der Waals surface area contributed by atoms with Crippen LogP contribution >= 0.6 is 35.3 Å². The number of benzene rings is 1. The summed E-state index contributed by atoms with van der Waals surface area (Å²) in [6, 6.07) is 10.5. The molecule has 3 N–H and O–H groups in total. The van der Waals surface area contributed by atoms with Gasteiger partial charge in [0.25, 0.3) is 0 Å². The lowest BCUT2D eigenvalue weighted by molar-refractivity contribution is 0.790. The first kappa shape index (κ1) is 18.0. The molecule has 0 radical (unpaired) electrons. The molecule has 2 rings (SSSR count). The molecule has 0 fully saturated rings. The molecule has 21 heavy (non-hydrogen) atoms. The first-order chi connectivity index (χ1) is 9.54. The molecular formula is C16H22IN3S. The number of thiophene rings is 1. The predicted octanol–water partition coefficient (Wildman–Crippen LogP) is 4.51. The van der Waals surface area contributed by atoms with Crippen LogP contribution < -0.4 is 11.1 Å². The second-order valence-corrected chi connectivity index (χ2v) is 6.12. The van der Waals surface area contributed by atoms with Crippen molar-refractivity contribution in [3.8, 4) is 0 Å². The summed E-state index contributed by atoms with van der Waals surface area (Å²) in [5.41, 5.74) is 9.37. The van der Waals surface area contributed by atoms with E-state index in [-0.39, 0.29) is 24.0 Å². The highest BCUT2D eigenvalue weighted by atomic mass is 127. The molecule has 0 aliphatic carbocycles. The Hall–Kier alpha value is -1.08. The number of hydrogen-bond acceptors (Lipinski definition) is 2. The molecule has 5 heteroatoms. The molecule has 1 aromatic heterocycles. The van der Waals surface area contributed by atoms with E-state index >= 15 is 0 Å². The van der Waals surface area contributed by atoms with Crippen LogP contribution in [0.4, 0.5) is 5.69 Å². The lowest BCUT2D eigenvalue weighted by Gasteiger charge is -2.10. The van der Waals surface area contributed by atoms with Crippen molar-refractivity contribution in [2.24, 2.45) is 10.7 Å². The number of aryl methyl sites for hydroxylation is 2. The van der Waals surface area contributed by atoms with Gasteiger partial charge in [0.15, 0.2) is 5.96 Å². The predicted molar refractivity (Wildman–Crippen MR) is 104 cm³/mol. The molecule has 0 amide bonds. The van der Waals surface area contributed by atoms with Crippen molar-refractivity contribution in [1.29, 1.82) is 0 Å². The molecule has 1 aromatic carbocycles. The molecule has 0 saturated heterocycles. The van der Waals surface area contributed by atoms with Gasteiger partial charge in [-0.25, -0.2) is 0 Å². The quantitative estimate of drug-likeness (QED) is 0.439. The highest BCUT2D eigenvalue weighted by Crippen LogP contribution is 2.20. The van der Waals surface area contributed by atoms with Crippen LogP contribution in [0.5, 0.6) is 0 Å². The molecule has 1 atom stereocenters. The molecular weight excluding hydrogens is 393 g/mol. The van der Waals surface area contributed by atoms with Gasteiger partial charge in [-0.05, 0) is 48.6 Å². The fraction of sp³-hybridized carbons (Fsp3) is 0.312.